The number of hydrogen-bond donors (Lipinski definition) is 2. The highest BCUT2D eigenvalue weighted by atomic mass is 16.5. The monoisotopic (exact) mass is 285 g/mol. The van der Waals surface area contributed by atoms with Gasteiger partial charge in [0.1, 0.15) is 17.7 Å². The van der Waals surface area contributed by atoms with Gasteiger partial charge in [-0.3, -0.25) is 5.32 Å². The fourth-order valence-corrected chi connectivity index (χ4v) is 1.95. The Morgan fingerprint density at radius 2 is 1.57 bits per heavy atom. The first kappa shape index (κ1) is 15.5. The van der Waals surface area contributed by atoms with Crippen LogP contribution in [0.25, 0.3) is 0 Å². The fourth-order valence-electron chi connectivity index (χ4n) is 1.95. The van der Waals surface area contributed by atoms with E-state index < -0.39 is 6.23 Å². The number of rotatable bonds is 7. The summed E-state index contributed by atoms with van der Waals surface area (Å²) >= 11 is 0. The second kappa shape index (κ2) is 7.81. The topological polar surface area (TPSA) is 41.5 Å². The van der Waals surface area contributed by atoms with Crippen LogP contribution in [0.15, 0.2) is 54.6 Å². The molecule has 0 saturated carbocycles. The predicted molar refractivity (Wildman–Crippen MR) is 85.5 cm³/mol. The average Bonchev–Trinajstić information content (AvgIpc) is 2.50. The summed E-state index contributed by atoms with van der Waals surface area (Å²) in [5.41, 5.74) is 1.22. The van der Waals surface area contributed by atoms with Gasteiger partial charge in [-0.25, -0.2) is 0 Å². The van der Waals surface area contributed by atoms with Crippen LogP contribution < -0.4 is 10.1 Å². The zero-order valence-electron chi connectivity index (χ0n) is 12.6. The zero-order chi connectivity index (χ0) is 15.1. The van der Waals surface area contributed by atoms with Crippen LogP contribution >= 0.6 is 0 Å². The van der Waals surface area contributed by atoms with E-state index in [4.69, 9.17) is 4.74 Å². The lowest BCUT2D eigenvalue weighted by atomic mass is 10.1. The van der Waals surface area contributed by atoms with Gasteiger partial charge in [-0.05, 0) is 42.2 Å². The molecule has 0 aliphatic carbocycles. The molecule has 2 rings (SSSR count). The van der Waals surface area contributed by atoms with Crippen molar-refractivity contribution < 1.29 is 9.84 Å². The number of benzene rings is 2. The summed E-state index contributed by atoms with van der Waals surface area (Å²) < 4.78 is 5.75. The molecule has 3 nitrogen and oxygen atoms in total. The largest absolute Gasteiger partial charge is 0.457 e. The molecule has 0 aromatic heterocycles. The molecule has 3 heteroatoms. The molecule has 112 valence electrons. The van der Waals surface area contributed by atoms with Crippen LogP contribution in [-0.2, 0) is 6.42 Å². The van der Waals surface area contributed by atoms with E-state index in [1.165, 1.54) is 5.56 Å². The summed E-state index contributed by atoms with van der Waals surface area (Å²) in [5, 5.41) is 12.8. The van der Waals surface area contributed by atoms with Gasteiger partial charge >= 0.3 is 0 Å². The van der Waals surface area contributed by atoms with Gasteiger partial charge < -0.3 is 9.84 Å². The van der Waals surface area contributed by atoms with Gasteiger partial charge in [0.05, 0.1) is 0 Å². The normalized spacial score (nSPS) is 12.4. The lowest BCUT2D eigenvalue weighted by Crippen LogP contribution is -2.34. The van der Waals surface area contributed by atoms with E-state index in [1.54, 1.807) is 0 Å². The molecular formula is C18H23NO2. The third-order valence-corrected chi connectivity index (χ3v) is 3.30. The van der Waals surface area contributed by atoms with Crippen LogP contribution in [0.2, 0.25) is 0 Å². The van der Waals surface area contributed by atoms with Gasteiger partial charge in [0, 0.05) is 6.54 Å². The number of aliphatic hydroxyl groups is 1. The van der Waals surface area contributed by atoms with Crippen LogP contribution in [0.5, 0.6) is 11.5 Å². The maximum absolute atomic E-state index is 9.68. The Hall–Kier alpha value is -1.84. The quantitative estimate of drug-likeness (QED) is 0.764. The van der Waals surface area contributed by atoms with E-state index in [2.05, 4.69) is 17.4 Å². The van der Waals surface area contributed by atoms with Crippen molar-refractivity contribution in [3.05, 3.63) is 60.2 Å². The molecule has 0 saturated heterocycles. The summed E-state index contributed by atoms with van der Waals surface area (Å²) in [6.45, 7) is 4.75. The number of aliphatic hydroxyl groups excluding tert-OH is 1. The SMILES string of the molecule is CC(C)C(O)NCCc1ccc(Oc2ccccc2)cc1. The zero-order valence-corrected chi connectivity index (χ0v) is 12.6. The summed E-state index contributed by atoms with van der Waals surface area (Å²) in [6, 6.07) is 17.8. The standard InChI is InChI=1S/C18H23NO2/c1-14(2)18(20)19-13-12-15-8-10-17(11-9-15)21-16-6-4-3-5-7-16/h3-11,14,18-20H,12-13H2,1-2H3. The van der Waals surface area contributed by atoms with Gasteiger partial charge in [0.2, 0.25) is 0 Å². The molecule has 0 heterocycles. The summed E-state index contributed by atoms with van der Waals surface area (Å²) in [7, 11) is 0. The van der Waals surface area contributed by atoms with Crippen LogP contribution in [-0.4, -0.2) is 17.9 Å². The molecule has 2 N–H and O–H groups in total. The van der Waals surface area contributed by atoms with Crippen LogP contribution in [0.1, 0.15) is 19.4 Å². The summed E-state index contributed by atoms with van der Waals surface area (Å²) in [5.74, 6) is 1.90. The Balaban J connectivity index is 1.82. The smallest absolute Gasteiger partial charge is 0.127 e. The molecule has 21 heavy (non-hydrogen) atoms. The Kier molecular flexibility index (Phi) is 5.78. The van der Waals surface area contributed by atoms with Gasteiger partial charge in [-0.2, -0.15) is 0 Å². The second-order valence-corrected chi connectivity index (χ2v) is 5.45. The van der Waals surface area contributed by atoms with Crippen LogP contribution in [0.4, 0.5) is 0 Å². The number of para-hydroxylation sites is 1. The van der Waals surface area contributed by atoms with Crippen molar-refractivity contribution in [1.29, 1.82) is 0 Å². The van der Waals surface area contributed by atoms with E-state index in [0.29, 0.717) is 0 Å². The highest BCUT2D eigenvalue weighted by Gasteiger charge is 2.07. The molecule has 1 unspecified atom stereocenters. The van der Waals surface area contributed by atoms with Gasteiger partial charge in [0.25, 0.3) is 0 Å². The summed E-state index contributed by atoms with van der Waals surface area (Å²) in [6.07, 6.45) is 0.445. The Morgan fingerprint density at radius 3 is 2.19 bits per heavy atom. The highest BCUT2D eigenvalue weighted by molar-refractivity contribution is 5.33. The summed E-state index contributed by atoms with van der Waals surface area (Å²) in [4.78, 5) is 0. The lowest BCUT2D eigenvalue weighted by Gasteiger charge is -2.16. The predicted octanol–water partition coefficient (Wildman–Crippen LogP) is 3.59. The van der Waals surface area contributed by atoms with Crippen molar-refractivity contribution in [3.8, 4) is 11.5 Å². The molecule has 0 radical (unpaired) electrons. The molecule has 0 aliphatic heterocycles. The van der Waals surface area contributed by atoms with E-state index in [0.717, 1.165) is 24.5 Å². The van der Waals surface area contributed by atoms with E-state index in [-0.39, 0.29) is 5.92 Å². The molecule has 0 fully saturated rings. The maximum Gasteiger partial charge on any atom is 0.127 e. The van der Waals surface area contributed by atoms with E-state index in [9.17, 15) is 5.11 Å². The van der Waals surface area contributed by atoms with Crippen LogP contribution in [0.3, 0.4) is 0 Å². The second-order valence-electron chi connectivity index (χ2n) is 5.45. The first-order valence-electron chi connectivity index (χ1n) is 7.38. The maximum atomic E-state index is 9.68. The minimum atomic E-state index is -0.439. The van der Waals surface area contributed by atoms with Crippen molar-refractivity contribution in [2.75, 3.05) is 6.54 Å². The number of ether oxygens (including phenoxy) is 1. The van der Waals surface area contributed by atoms with Crippen LogP contribution in [0, 0.1) is 5.92 Å². The first-order valence-corrected chi connectivity index (χ1v) is 7.38. The molecule has 0 amide bonds. The first-order chi connectivity index (χ1) is 10.1. The van der Waals surface area contributed by atoms with Gasteiger partial charge in [0.15, 0.2) is 0 Å². The lowest BCUT2D eigenvalue weighted by molar-refractivity contribution is 0.0914. The van der Waals surface area contributed by atoms with Crippen molar-refractivity contribution in [2.24, 2.45) is 5.92 Å². The van der Waals surface area contributed by atoms with Crippen molar-refractivity contribution in [2.45, 2.75) is 26.5 Å². The van der Waals surface area contributed by atoms with Crippen molar-refractivity contribution >= 4 is 0 Å². The Labute approximate surface area is 126 Å². The highest BCUT2D eigenvalue weighted by Crippen LogP contribution is 2.21. The van der Waals surface area contributed by atoms with E-state index >= 15 is 0 Å². The third-order valence-electron chi connectivity index (χ3n) is 3.30. The minimum absolute atomic E-state index is 0.228. The fraction of sp³-hybridized carbons (Fsp3) is 0.333. The molecule has 1 atom stereocenters. The number of nitrogens with one attached hydrogen (secondary N) is 1. The van der Waals surface area contributed by atoms with Gasteiger partial charge in [-0.15, -0.1) is 0 Å². The molecule has 2 aromatic rings. The van der Waals surface area contributed by atoms with Gasteiger partial charge in [-0.1, -0.05) is 44.2 Å². The minimum Gasteiger partial charge on any atom is -0.457 e. The molecule has 0 bridgehead atoms. The van der Waals surface area contributed by atoms with E-state index in [1.807, 2.05) is 56.3 Å². The number of hydrogen-bond acceptors (Lipinski definition) is 3. The molecule has 0 aliphatic rings. The van der Waals surface area contributed by atoms with Crippen molar-refractivity contribution in [1.82, 2.24) is 5.32 Å². The van der Waals surface area contributed by atoms with Crippen molar-refractivity contribution in [3.63, 3.8) is 0 Å². The Bertz CT molecular complexity index is 523. The third kappa shape index (κ3) is 5.21. The molecular weight excluding hydrogens is 262 g/mol. The Morgan fingerprint density at radius 1 is 0.952 bits per heavy atom. The average molecular weight is 285 g/mol. The molecule has 0 spiro atoms. The molecule has 2 aromatic carbocycles.